The Kier molecular flexibility index (Phi) is 2.67. The van der Waals surface area contributed by atoms with E-state index in [1.54, 1.807) is 18.2 Å². The highest BCUT2D eigenvalue weighted by molar-refractivity contribution is 5.87. The molecule has 0 fully saturated rings. The van der Waals surface area contributed by atoms with Gasteiger partial charge in [0.1, 0.15) is 5.75 Å². The smallest absolute Gasteiger partial charge is 0.294 e. The minimum absolute atomic E-state index is 0.0184. The third-order valence-electron chi connectivity index (χ3n) is 2.31. The van der Waals surface area contributed by atoms with E-state index in [9.17, 15) is 15.0 Å². The number of pyridine rings is 1. The Morgan fingerprint density at radius 1 is 1.24 bits per heavy atom. The van der Waals surface area contributed by atoms with Gasteiger partial charge < -0.3 is 19.9 Å². The highest BCUT2D eigenvalue weighted by Gasteiger charge is 2.11. The van der Waals surface area contributed by atoms with Gasteiger partial charge in [-0.15, -0.1) is 0 Å². The number of ether oxygens (including phenoxy) is 1. The Labute approximate surface area is 97.3 Å². The molecule has 1 aromatic heterocycles. The zero-order chi connectivity index (χ0) is 12.6. The van der Waals surface area contributed by atoms with E-state index in [4.69, 9.17) is 4.74 Å². The van der Waals surface area contributed by atoms with Gasteiger partial charge in [0.25, 0.3) is 5.56 Å². The molecular weight excluding hydrogens is 222 g/mol. The largest absolute Gasteiger partial charge is 0.504 e. The van der Waals surface area contributed by atoms with Gasteiger partial charge >= 0.3 is 0 Å². The molecule has 90 valence electrons. The number of benzene rings is 1. The van der Waals surface area contributed by atoms with Crippen LogP contribution in [0.25, 0.3) is 10.9 Å². The lowest BCUT2D eigenvalue weighted by molar-refractivity contribution is 0.242. The van der Waals surface area contributed by atoms with E-state index in [0.717, 1.165) is 0 Å². The Balaban J connectivity index is 2.63. The van der Waals surface area contributed by atoms with E-state index in [-0.39, 0.29) is 6.10 Å². The molecule has 5 nitrogen and oxygen atoms in total. The topological polar surface area (TPSA) is 82.5 Å². The van der Waals surface area contributed by atoms with Crippen molar-refractivity contribution in [2.24, 2.45) is 0 Å². The van der Waals surface area contributed by atoms with Gasteiger partial charge in [0.05, 0.1) is 11.6 Å². The first-order chi connectivity index (χ1) is 7.99. The summed E-state index contributed by atoms with van der Waals surface area (Å²) in [5.41, 5.74) is -0.305. The quantitative estimate of drug-likeness (QED) is 0.740. The lowest BCUT2D eigenvalue weighted by Gasteiger charge is -2.10. The van der Waals surface area contributed by atoms with Crippen molar-refractivity contribution in [2.45, 2.75) is 20.0 Å². The van der Waals surface area contributed by atoms with Gasteiger partial charge in [-0.2, -0.15) is 0 Å². The maximum atomic E-state index is 11.3. The first kappa shape index (κ1) is 11.3. The van der Waals surface area contributed by atoms with Gasteiger partial charge in [0, 0.05) is 11.5 Å². The van der Waals surface area contributed by atoms with Crippen molar-refractivity contribution in [3.05, 3.63) is 28.6 Å². The second kappa shape index (κ2) is 4.01. The average Bonchev–Trinajstić information content (AvgIpc) is 2.25. The van der Waals surface area contributed by atoms with Crippen LogP contribution in [-0.4, -0.2) is 21.3 Å². The van der Waals surface area contributed by atoms with E-state index < -0.39 is 17.1 Å². The predicted octanol–water partition coefficient (Wildman–Crippen LogP) is 1.73. The highest BCUT2D eigenvalue weighted by atomic mass is 16.5. The van der Waals surface area contributed by atoms with Crippen molar-refractivity contribution < 1.29 is 14.9 Å². The Bertz CT molecular complexity index is 616. The van der Waals surface area contributed by atoms with E-state index in [0.29, 0.717) is 16.7 Å². The summed E-state index contributed by atoms with van der Waals surface area (Å²) in [7, 11) is 0. The number of rotatable bonds is 2. The molecule has 0 spiro atoms. The number of aromatic hydroxyl groups is 2. The fourth-order valence-electron chi connectivity index (χ4n) is 1.60. The molecule has 3 N–H and O–H groups in total. The van der Waals surface area contributed by atoms with Crippen molar-refractivity contribution in [3.8, 4) is 17.2 Å². The molecule has 0 saturated heterocycles. The van der Waals surface area contributed by atoms with Gasteiger partial charge in [-0.25, -0.2) is 0 Å². The zero-order valence-electron chi connectivity index (χ0n) is 9.52. The van der Waals surface area contributed by atoms with Crippen molar-refractivity contribution in [3.63, 3.8) is 0 Å². The Morgan fingerprint density at radius 2 is 1.94 bits per heavy atom. The van der Waals surface area contributed by atoms with Crippen molar-refractivity contribution in [1.82, 2.24) is 4.98 Å². The second-order valence-electron chi connectivity index (χ2n) is 4.03. The SMILES string of the molecule is CC(C)Oc1ccc2c(O)c(O)c(=O)[nH]c2c1. The van der Waals surface area contributed by atoms with Crippen LogP contribution >= 0.6 is 0 Å². The monoisotopic (exact) mass is 235 g/mol. The van der Waals surface area contributed by atoms with Gasteiger partial charge in [-0.05, 0) is 26.0 Å². The summed E-state index contributed by atoms with van der Waals surface area (Å²) in [6, 6.07) is 4.85. The summed E-state index contributed by atoms with van der Waals surface area (Å²) in [4.78, 5) is 13.7. The number of aromatic nitrogens is 1. The average molecular weight is 235 g/mol. The molecule has 2 aromatic rings. The number of aromatic amines is 1. The summed E-state index contributed by atoms with van der Waals surface area (Å²) in [6.07, 6.45) is 0.0184. The first-order valence-electron chi connectivity index (χ1n) is 5.23. The third-order valence-corrected chi connectivity index (χ3v) is 2.31. The van der Waals surface area contributed by atoms with Crippen molar-refractivity contribution in [2.75, 3.05) is 0 Å². The van der Waals surface area contributed by atoms with Crippen LogP contribution in [0.15, 0.2) is 23.0 Å². The number of H-pyrrole nitrogens is 1. The highest BCUT2D eigenvalue weighted by Crippen LogP contribution is 2.31. The molecule has 2 rings (SSSR count). The molecule has 1 heterocycles. The lowest BCUT2D eigenvalue weighted by Crippen LogP contribution is -2.07. The molecule has 0 aliphatic heterocycles. The number of fused-ring (bicyclic) bond motifs is 1. The van der Waals surface area contributed by atoms with Crippen LogP contribution in [0, 0.1) is 0 Å². The maximum absolute atomic E-state index is 11.3. The zero-order valence-corrected chi connectivity index (χ0v) is 9.52. The minimum Gasteiger partial charge on any atom is -0.504 e. The van der Waals surface area contributed by atoms with Gasteiger partial charge in [-0.3, -0.25) is 4.79 Å². The summed E-state index contributed by atoms with van der Waals surface area (Å²) in [5, 5.41) is 19.3. The number of nitrogens with one attached hydrogen (secondary N) is 1. The second-order valence-corrected chi connectivity index (χ2v) is 4.03. The fourth-order valence-corrected chi connectivity index (χ4v) is 1.60. The molecule has 0 aliphatic rings. The molecule has 0 unspecified atom stereocenters. The minimum atomic E-state index is -0.725. The molecule has 5 heteroatoms. The predicted molar refractivity (Wildman–Crippen MR) is 63.7 cm³/mol. The summed E-state index contributed by atoms with van der Waals surface area (Å²) in [5.74, 6) is -0.497. The molecule has 0 bridgehead atoms. The van der Waals surface area contributed by atoms with E-state index in [1.165, 1.54) is 0 Å². The van der Waals surface area contributed by atoms with Crippen molar-refractivity contribution >= 4 is 10.9 Å². The van der Waals surface area contributed by atoms with Crippen LogP contribution in [-0.2, 0) is 0 Å². The van der Waals surface area contributed by atoms with Crippen LogP contribution in [0.4, 0.5) is 0 Å². The van der Waals surface area contributed by atoms with Gasteiger partial charge in [0.15, 0.2) is 5.75 Å². The normalized spacial score (nSPS) is 11.0. The van der Waals surface area contributed by atoms with Crippen molar-refractivity contribution in [1.29, 1.82) is 0 Å². The van der Waals surface area contributed by atoms with Crippen LogP contribution < -0.4 is 10.3 Å². The molecular formula is C12H13NO4. The molecule has 0 amide bonds. The molecule has 1 aromatic carbocycles. The summed E-state index contributed by atoms with van der Waals surface area (Å²) < 4.78 is 5.47. The fraction of sp³-hybridized carbons (Fsp3) is 0.250. The summed E-state index contributed by atoms with van der Waals surface area (Å²) in [6.45, 7) is 3.78. The lowest BCUT2D eigenvalue weighted by atomic mass is 10.2. The van der Waals surface area contributed by atoms with Crippen LogP contribution in [0.3, 0.4) is 0 Å². The molecule has 0 aliphatic carbocycles. The van der Waals surface area contributed by atoms with E-state index >= 15 is 0 Å². The maximum Gasteiger partial charge on any atom is 0.294 e. The third kappa shape index (κ3) is 2.04. The molecule has 17 heavy (non-hydrogen) atoms. The molecule has 0 atom stereocenters. The van der Waals surface area contributed by atoms with E-state index in [2.05, 4.69) is 4.98 Å². The Hall–Kier alpha value is -2.17. The van der Waals surface area contributed by atoms with Crippen LogP contribution in [0.1, 0.15) is 13.8 Å². The number of hydrogen-bond acceptors (Lipinski definition) is 4. The Morgan fingerprint density at radius 3 is 2.59 bits per heavy atom. The van der Waals surface area contributed by atoms with Gasteiger partial charge in [-0.1, -0.05) is 0 Å². The molecule has 0 radical (unpaired) electrons. The first-order valence-corrected chi connectivity index (χ1v) is 5.23. The number of hydrogen-bond donors (Lipinski definition) is 3. The summed E-state index contributed by atoms with van der Waals surface area (Å²) >= 11 is 0. The molecule has 0 saturated carbocycles. The van der Waals surface area contributed by atoms with Crippen LogP contribution in [0.5, 0.6) is 17.2 Å². The standard InChI is InChI=1S/C12H13NO4/c1-6(2)17-7-3-4-8-9(5-7)13-12(16)11(15)10(8)14/h3-6,15H,1-2H3,(H2,13,14,16). The van der Waals surface area contributed by atoms with Crippen LogP contribution in [0.2, 0.25) is 0 Å². The van der Waals surface area contributed by atoms with Gasteiger partial charge in [0.2, 0.25) is 5.75 Å². The van der Waals surface area contributed by atoms with E-state index in [1.807, 2.05) is 13.8 Å².